The summed E-state index contributed by atoms with van der Waals surface area (Å²) in [5.41, 5.74) is 12.3. The Hall–Kier alpha value is -2.83. The quantitative estimate of drug-likeness (QED) is 0.128. The van der Waals surface area contributed by atoms with Crippen LogP contribution < -0.4 is 27.4 Å². The van der Waals surface area contributed by atoms with Crippen LogP contribution in [0.3, 0.4) is 0 Å². The molecular formula is C26H43N5O6S. The molecule has 9 N–H and O–H groups in total. The molecule has 0 fully saturated rings. The van der Waals surface area contributed by atoms with E-state index in [1.807, 2.05) is 20.1 Å². The number of carboxylic acid groups (broad SMARTS) is 1. The maximum absolute atomic E-state index is 13.4. The van der Waals surface area contributed by atoms with Crippen molar-refractivity contribution in [1.29, 1.82) is 0 Å². The SMILES string of the molecule is CSCCC(N)C(=O)NC(Cc1ccc(O)cc1)C(=O)NC(CCCCN)C(=O)NC(CC(C)C)C(=O)O. The first-order valence-electron chi connectivity index (χ1n) is 12.8. The van der Waals surface area contributed by atoms with E-state index in [9.17, 15) is 29.4 Å². The number of rotatable bonds is 18. The van der Waals surface area contributed by atoms with Crippen LogP contribution in [0.2, 0.25) is 0 Å². The van der Waals surface area contributed by atoms with Crippen molar-refractivity contribution in [3.63, 3.8) is 0 Å². The van der Waals surface area contributed by atoms with Gasteiger partial charge in [0.25, 0.3) is 0 Å². The van der Waals surface area contributed by atoms with Crippen LogP contribution in [0.25, 0.3) is 0 Å². The highest BCUT2D eigenvalue weighted by molar-refractivity contribution is 7.98. The largest absolute Gasteiger partial charge is 0.508 e. The summed E-state index contributed by atoms with van der Waals surface area (Å²) in [7, 11) is 0. The van der Waals surface area contributed by atoms with Gasteiger partial charge in [0.2, 0.25) is 17.7 Å². The van der Waals surface area contributed by atoms with Gasteiger partial charge in [0.05, 0.1) is 6.04 Å². The lowest BCUT2D eigenvalue weighted by Gasteiger charge is -2.26. The van der Waals surface area contributed by atoms with Crippen LogP contribution in [0, 0.1) is 5.92 Å². The first kappa shape index (κ1) is 33.2. The van der Waals surface area contributed by atoms with Gasteiger partial charge in [-0.1, -0.05) is 26.0 Å². The molecule has 0 aliphatic rings. The van der Waals surface area contributed by atoms with Crippen molar-refractivity contribution in [2.75, 3.05) is 18.6 Å². The molecule has 0 radical (unpaired) electrons. The molecule has 0 spiro atoms. The van der Waals surface area contributed by atoms with E-state index < -0.39 is 47.9 Å². The summed E-state index contributed by atoms with van der Waals surface area (Å²) >= 11 is 1.55. The summed E-state index contributed by atoms with van der Waals surface area (Å²) in [6.45, 7) is 4.10. The van der Waals surface area contributed by atoms with Gasteiger partial charge in [-0.25, -0.2) is 4.79 Å². The smallest absolute Gasteiger partial charge is 0.326 e. The number of amides is 3. The first-order valence-corrected chi connectivity index (χ1v) is 14.2. The van der Waals surface area contributed by atoms with Crippen molar-refractivity contribution in [3.05, 3.63) is 29.8 Å². The predicted octanol–water partition coefficient (Wildman–Crippen LogP) is 0.729. The topological polar surface area (TPSA) is 197 Å². The lowest BCUT2D eigenvalue weighted by molar-refractivity contribution is -0.142. The maximum atomic E-state index is 13.4. The van der Waals surface area contributed by atoms with E-state index in [4.69, 9.17) is 11.5 Å². The zero-order valence-corrected chi connectivity index (χ0v) is 23.3. The normalized spacial score (nSPS) is 14.3. The standard InChI is InChI=1S/C26H43N5O6S/c1-16(2)14-22(26(36)37)31-24(34)20(6-4-5-12-27)29-25(35)21(15-17-7-9-18(32)10-8-17)30-23(33)19(28)11-13-38-3/h7-10,16,19-22,32H,4-6,11-15,27-28H2,1-3H3,(H,29,35)(H,30,33)(H,31,34)(H,36,37). The number of hydrogen-bond donors (Lipinski definition) is 7. The second-order valence-corrected chi connectivity index (χ2v) is 10.7. The third-order valence-electron chi connectivity index (χ3n) is 5.88. The number of nitrogens with two attached hydrogens (primary N) is 2. The number of carboxylic acids is 1. The minimum Gasteiger partial charge on any atom is -0.508 e. The lowest BCUT2D eigenvalue weighted by atomic mass is 10.0. The summed E-state index contributed by atoms with van der Waals surface area (Å²) in [6, 6.07) is 2.22. The van der Waals surface area contributed by atoms with Crippen molar-refractivity contribution in [2.45, 2.75) is 76.5 Å². The van der Waals surface area contributed by atoms with Crippen molar-refractivity contribution in [3.8, 4) is 5.75 Å². The number of carbonyl (C=O) groups excluding carboxylic acids is 3. The van der Waals surface area contributed by atoms with Gasteiger partial charge < -0.3 is 37.6 Å². The Labute approximate surface area is 228 Å². The molecule has 1 aromatic rings. The zero-order valence-electron chi connectivity index (χ0n) is 22.4. The van der Waals surface area contributed by atoms with Gasteiger partial charge >= 0.3 is 5.97 Å². The minimum absolute atomic E-state index is 0.0295. The molecular weight excluding hydrogens is 510 g/mol. The Bertz CT molecular complexity index is 899. The number of nitrogens with one attached hydrogen (secondary N) is 3. The Kier molecular flexibility index (Phi) is 15.4. The number of thioether (sulfide) groups is 1. The lowest BCUT2D eigenvalue weighted by Crippen LogP contribution is -2.57. The van der Waals surface area contributed by atoms with E-state index in [-0.39, 0.29) is 30.9 Å². The molecule has 0 bridgehead atoms. The number of unbranched alkanes of at least 4 members (excludes halogenated alkanes) is 1. The van der Waals surface area contributed by atoms with Gasteiger partial charge in [-0.15, -0.1) is 0 Å². The third-order valence-corrected chi connectivity index (χ3v) is 6.52. The molecule has 0 heterocycles. The van der Waals surface area contributed by atoms with Crippen LogP contribution in [0.5, 0.6) is 5.75 Å². The predicted molar refractivity (Wildman–Crippen MR) is 149 cm³/mol. The fourth-order valence-corrected chi connectivity index (χ4v) is 4.22. The fourth-order valence-electron chi connectivity index (χ4n) is 3.73. The molecule has 1 rings (SSSR count). The van der Waals surface area contributed by atoms with Crippen molar-refractivity contribution >= 4 is 35.5 Å². The van der Waals surface area contributed by atoms with E-state index >= 15 is 0 Å². The molecule has 38 heavy (non-hydrogen) atoms. The summed E-state index contributed by atoms with van der Waals surface area (Å²) in [6.07, 6.45) is 4.05. The van der Waals surface area contributed by atoms with Crippen LogP contribution in [0.4, 0.5) is 0 Å². The monoisotopic (exact) mass is 553 g/mol. The first-order chi connectivity index (χ1) is 18.0. The number of aliphatic carboxylic acids is 1. The van der Waals surface area contributed by atoms with Crippen LogP contribution in [0.1, 0.15) is 51.5 Å². The number of hydrogen-bond acceptors (Lipinski definition) is 8. The average Bonchev–Trinajstić information content (AvgIpc) is 2.86. The molecule has 214 valence electrons. The Morgan fingerprint density at radius 2 is 1.47 bits per heavy atom. The number of phenolic OH excluding ortho intramolecular Hbond substituents is 1. The fraction of sp³-hybridized carbons (Fsp3) is 0.615. The van der Waals surface area contributed by atoms with Crippen molar-refractivity contribution in [1.82, 2.24) is 16.0 Å². The molecule has 0 aromatic heterocycles. The van der Waals surface area contributed by atoms with Crippen molar-refractivity contribution in [2.24, 2.45) is 17.4 Å². The number of phenols is 1. The summed E-state index contributed by atoms with van der Waals surface area (Å²) < 4.78 is 0. The molecule has 4 atom stereocenters. The Balaban J connectivity index is 3.12. The third kappa shape index (κ3) is 12.6. The Morgan fingerprint density at radius 3 is 2.03 bits per heavy atom. The molecule has 4 unspecified atom stereocenters. The summed E-state index contributed by atoms with van der Waals surface area (Å²) in [5.74, 6) is -2.11. The second-order valence-electron chi connectivity index (χ2n) is 9.69. The zero-order chi connectivity index (χ0) is 28.7. The molecule has 11 nitrogen and oxygen atoms in total. The van der Waals surface area contributed by atoms with E-state index in [2.05, 4.69) is 16.0 Å². The van der Waals surface area contributed by atoms with Crippen molar-refractivity contribution < 1.29 is 29.4 Å². The molecule has 12 heteroatoms. The highest BCUT2D eigenvalue weighted by Gasteiger charge is 2.30. The van der Waals surface area contributed by atoms with Gasteiger partial charge in [0, 0.05) is 6.42 Å². The van der Waals surface area contributed by atoms with Crippen LogP contribution in [-0.4, -0.2) is 76.6 Å². The van der Waals surface area contributed by atoms with Crippen LogP contribution in [-0.2, 0) is 25.6 Å². The Morgan fingerprint density at radius 1 is 0.895 bits per heavy atom. The van der Waals surface area contributed by atoms with Gasteiger partial charge in [-0.2, -0.15) is 11.8 Å². The van der Waals surface area contributed by atoms with Crippen LogP contribution >= 0.6 is 11.8 Å². The van der Waals surface area contributed by atoms with Gasteiger partial charge in [0.15, 0.2) is 0 Å². The molecule has 0 aliphatic heterocycles. The van der Waals surface area contributed by atoms with E-state index in [0.29, 0.717) is 37.1 Å². The van der Waals surface area contributed by atoms with E-state index in [1.165, 1.54) is 12.1 Å². The van der Waals surface area contributed by atoms with Gasteiger partial charge in [-0.05, 0) is 74.3 Å². The highest BCUT2D eigenvalue weighted by atomic mass is 32.2. The second kappa shape index (κ2) is 17.6. The molecule has 0 saturated carbocycles. The summed E-state index contributed by atoms with van der Waals surface area (Å²) in [4.78, 5) is 50.9. The number of carbonyl (C=O) groups is 4. The highest BCUT2D eigenvalue weighted by Crippen LogP contribution is 2.13. The van der Waals surface area contributed by atoms with Crippen LogP contribution in [0.15, 0.2) is 24.3 Å². The maximum Gasteiger partial charge on any atom is 0.326 e. The average molecular weight is 554 g/mol. The summed E-state index contributed by atoms with van der Waals surface area (Å²) in [5, 5.41) is 27.0. The number of aromatic hydroxyl groups is 1. The van der Waals surface area contributed by atoms with E-state index in [0.717, 1.165) is 0 Å². The van der Waals surface area contributed by atoms with Gasteiger partial charge in [0.1, 0.15) is 23.9 Å². The molecule has 0 aliphatic carbocycles. The van der Waals surface area contributed by atoms with E-state index in [1.54, 1.807) is 23.9 Å². The molecule has 1 aromatic carbocycles. The minimum atomic E-state index is -1.16. The number of benzene rings is 1. The molecule has 0 saturated heterocycles. The molecule has 3 amide bonds. The van der Waals surface area contributed by atoms with Gasteiger partial charge in [-0.3, -0.25) is 14.4 Å².